The van der Waals surface area contributed by atoms with Crippen molar-refractivity contribution in [2.45, 2.75) is 39.2 Å². The standard InChI is InChI=1S/C21H31N3O4/c1-14(2)20(15-6-7-17-18(11-15)28-10-4-9-27-17)23-19(25)13-24-8-3-5-16(12-24)21(22)26/h6-7,11,14,16,20H,3-5,8-10,12-13H2,1-2H3,(H2,22,26)(H,23,25)/p+1/t16-,20-/m0/s1. The Labute approximate surface area is 166 Å². The molecule has 7 nitrogen and oxygen atoms in total. The van der Waals surface area contributed by atoms with Crippen LogP contribution in [0.25, 0.3) is 0 Å². The first-order chi connectivity index (χ1) is 13.4. The predicted octanol–water partition coefficient (Wildman–Crippen LogP) is 0.441. The maximum atomic E-state index is 12.7. The SMILES string of the molecule is CC(C)[C@H](NC(=O)C[NH+]1CCC[C@H](C(N)=O)C1)c1ccc2c(c1)OCCCO2. The molecule has 1 saturated heterocycles. The monoisotopic (exact) mass is 390 g/mol. The van der Waals surface area contributed by atoms with Crippen LogP contribution in [0.5, 0.6) is 11.5 Å². The van der Waals surface area contributed by atoms with E-state index in [1.165, 1.54) is 0 Å². The number of primary amides is 1. The Morgan fingerprint density at radius 2 is 1.96 bits per heavy atom. The predicted molar refractivity (Wildman–Crippen MR) is 105 cm³/mol. The second-order valence-electron chi connectivity index (χ2n) is 8.17. The molecule has 2 aliphatic heterocycles. The number of rotatable bonds is 6. The Kier molecular flexibility index (Phi) is 6.78. The van der Waals surface area contributed by atoms with Crippen molar-refractivity contribution in [2.24, 2.45) is 17.6 Å². The summed E-state index contributed by atoms with van der Waals surface area (Å²) < 4.78 is 11.5. The van der Waals surface area contributed by atoms with Crippen molar-refractivity contribution in [3.63, 3.8) is 0 Å². The van der Waals surface area contributed by atoms with Crippen LogP contribution in [0, 0.1) is 11.8 Å². The first-order valence-corrected chi connectivity index (χ1v) is 10.3. The maximum absolute atomic E-state index is 12.7. The highest BCUT2D eigenvalue weighted by molar-refractivity contribution is 5.78. The number of carbonyl (C=O) groups excluding carboxylic acids is 2. The van der Waals surface area contributed by atoms with Crippen LogP contribution in [0.15, 0.2) is 18.2 Å². The smallest absolute Gasteiger partial charge is 0.275 e. The molecule has 2 heterocycles. The van der Waals surface area contributed by atoms with Crippen LogP contribution in [0.4, 0.5) is 0 Å². The van der Waals surface area contributed by atoms with Crippen molar-refractivity contribution >= 4 is 11.8 Å². The Morgan fingerprint density at radius 1 is 1.21 bits per heavy atom. The fraction of sp³-hybridized carbons (Fsp3) is 0.619. The van der Waals surface area contributed by atoms with Crippen molar-refractivity contribution in [3.05, 3.63) is 23.8 Å². The normalized spacial score (nSPS) is 23.0. The number of carbonyl (C=O) groups is 2. The minimum absolute atomic E-state index is 0.00840. The molecule has 4 N–H and O–H groups in total. The van der Waals surface area contributed by atoms with Crippen molar-refractivity contribution in [1.29, 1.82) is 0 Å². The lowest BCUT2D eigenvalue weighted by Gasteiger charge is -2.29. The number of nitrogens with one attached hydrogen (secondary N) is 2. The van der Waals surface area contributed by atoms with Gasteiger partial charge in [0.2, 0.25) is 5.91 Å². The second-order valence-corrected chi connectivity index (χ2v) is 8.17. The van der Waals surface area contributed by atoms with Gasteiger partial charge in [0.25, 0.3) is 5.91 Å². The van der Waals surface area contributed by atoms with E-state index in [1.54, 1.807) is 0 Å². The molecule has 0 aliphatic carbocycles. The molecule has 1 aromatic carbocycles. The Morgan fingerprint density at radius 3 is 2.68 bits per heavy atom. The molecule has 0 radical (unpaired) electrons. The fourth-order valence-corrected chi connectivity index (χ4v) is 4.01. The average molecular weight is 391 g/mol. The number of likely N-dealkylation sites (tertiary alicyclic amines) is 1. The van der Waals surface area contributed by atoms with Gasteiger partial charge >= 0.3 is 0 Å². The van der Waals surface area contributed by atoms with E-state index in [9.17, 15) is 9.59 Å². The number of hydrogen-bond donors (Lipinski definition) is 3. The molecule has 0 bridgehead atoms. The lowest BCUT2D eigenvalue weighted by molar-refractivity contribution is -0.899. The number of nitrogens with two attached hydrogens (primary N) is 1. The molecule has 3 rings (SSSR count). The van der Waals surface area contributed by atoms with E-state index >= 15 is 0 Å². The minimum Gasteiger partial charge on any atom is -0.490 e. The van der Waals surface area contributed by atoms with Crippen LogP contribution in [0.2, 0.25) is 0 Å². The van der Waals surface area contributed by atoms with Gasteiger partial charge < -0.3 is 25.4 Å². The number of hydrogen-bond acceptors (Lipinski definition) is 4. The average Bonchev–Trinajstić information content (AvgIpc) is 2.90. The summed E-state index contributed by atoms with van der Waals surface area (Å²) in [6.07, 6.45) is 2.61. The van der Waals surface area contributed by atoms with E-state index < -0.39 is 0 Å². The highest BCUT2D eigenvalue weighted by Crippen LogP contribution is 2.34. The molecule has 154 valence electrons. The van der Waals surface area contributed by atoms with Crippen LogP contribution in [-0.4, -0.2) is 44.7 Å². The third-order valence-corrected chi connectivity index (χ3v) is 5.54. The maximum Gasteiger partial charge on any atom is 0.275 e. The molecule has 2 amide bonds. The number of piperidine rings is 1. The Balaban J connectivity index is 1.65. The zero-order chi connectivity index (χ0) is 20.1. The quantitative estimate of drug-likeness (QED) is 0.657. The van der Waals surface area contributed by atoms with E-state index in [0.717, 1.165) is 47.8 Å². The molecule has 0 spiro atoms. The summed E-state index contributed by atoms with van der Waals surface area (Å²) in [5.74, 6) is 1.32. The van der Waals surface area contributed by atoms with Gasteiger partial charge in [0.1, 0.15) is 0 Å². The third-order valence-electron chi connectivity index (χ3n) is 5.54. The number of benzene rings is 1. The van der Waals surface area contributed by atoms with Crippen LogP contribution >= 0.6 is 0 Å². The molecule has 2 aliphatic rings. The first-order valence-electron chi connectivity index (χ1n) is 10.3. The number of amides is 2. The van der Waals surface area contributed by atoms with Crippen molar-refractivity contribution in [1.82, 2.24) is 5.32 Å². The summed E-state index contributed by atoms with van der Waals surface area (Å²) in [5, 5.41) is 3.17. The van der Waals surface area contributed by atoms with E-state index in [2.05, 4.69) is 19.2 Å². The molecule has 28 heavy (non-hydrogen) atoms. The van der Waals surface area contributed by atoms with Crippen molar-refractivity contribution in [3.8, 4) is 11.5 Å². The number of quaternary nitrogens is 1. The molecular formula is C21H32N3O4+. The highest BCUT2D eigenvalue weighted by Gasteiger charge is 2.29. The van der Waals surface area contributed by atoms with Gasteiger partial charge in [-0.25, -0.2) is 0 Å². The number of fused-ring (bicyclic) bond motifs is 1. The summed E-state index contributed by atoms with van der Waals surface area (Å²) in [7, 11) is 0. The lowest BCUT2D eigenvalue weighted by Crippen LogP contribution is -3.15. The van der Waals surface area contributed by atoms with Crippen LogP contribution in [0.3, 0.4) is 0 Å². The molecule has 7 heteroatoms. The van der Waals surface area contributed by atoms with Crippen LogP contribution in [0.1, 0.15) is 44.7 Å². The minimum atomic E-state index is -0.259. The van der Waals surface area contributed by atoms with Crippen molar-refractivity contribution < 1.29 is 24.0 Å². The third kappa shape index (κ3) is 5.16. The zero-order valence-electron chi connectivity index (χ0n) is 16.8. The molecule has 3 atom stereocenters. The Hall–Kier alpha value is -2.28. The van der Waals surface area contributed by atoms with E-state index in [1.807, 2.05) is 18.2 Å². The molecule has 1 aromatic rings. The lowest BCUT2D eigenvalue weighted by atomic mass is 9.95. The van der Waals surface area contributed by atoms with Gasteiger partial charge in [-0.3, -0.25) is 9.59 Å². The topological polar surface area (TPSA) is 95.1 Å². The van der Waals surface area contributed by atoms with Gasteiger partial charge in [0.15, 0.2) is 18.0 Å². The van der Waals surface area contributed by atoms with E-state index in [4.69, 9.17) is 15.2 Å². The van der Waals surface area contributed by atoms with Gasteiger partial charge in [0.05, 0.1) is 38.3 Å². The summed E-state index contributed by atoms with van der Waals surface area (Å²) in [6, 6.07) is 5.78. The van der Waals surface area contributed by atoms with Gasteiger partial charge in [-0.15, -0.1) is 0 Å². The van der Waals surface area contributed by atoms with E-state index in [0.29, 0.717) is 26.3 Å². The zero-order valence-corrected chi connectivity index (χ0v) is 16.8. The summed E-state index contributed by atoms with van der Waals surface area (Å²) >= 11 is 0. The van der Waals surface area contributed by atoms with Crippen LogP contribution in [-0.2, 0) is 9.59 Å². The van der Waals surface area contributed by atoms with Crippen LogP contribution < -0.4 is 25.4 Å². The summed E-state index contributed by atoms with van der Waals surface area (Å²) in [4.78, 5) is 25.3. The van der Waals surface area contributed by atoms with Crippen molar-refractivity contribution in [2.75, 3.05) is 32.8 Å². The van der Waals surface area contributed by atoms with Gasteiger partial charge in [-0.05, 0) is 36.5 Å². The molecule has 0 aromatic heterocycles. The molecule has 0 saturated carbocycles. The highest BCUT2D eigenvalue weighted by atomic mass is 16.5. The molecular weight excluding hydrogens is 358 g/mol. The van der Waals surface area contributed by atoms with Gasteiger partial charge in [-0.2, -0.15) is 0 Å². The second kappa shape index (κ2) is 9.28. The summed E-state index contributed by atoms with van der Waals surface area (Å²) in [5.41, 5.74) is 6.46. The Bertz CT molecular complexity index is 707. The largest absolute Gasteiger partial charge is 0.490 e. The first kappa shape index (κ1) is 20.5. The number of ether oxygens (including phenoxy) is 2. The summed E-state index contributed by atoms with van der Waals surface area (Å²) in [6.45, 7) is 7.36. The molecule has 1 unspecified atom stereocenters. The van der Waals surface area contributed by atoms with Gasteiger partial charge in [-0.1, -0.05) is 19.9 Å². The molecule has 1 fully saturated rings. The fourth-order valence-electron chi connectivity index (χ4n) is 4.01. The van der Waals surface area contributed by atoms with Gasteiger partial charge in [0, 0.05) is 6.42 Å². The van der Waals surface area contributed by atoms with E-state index in [-0.39, 0.29) is 29.7 Å².